The lowest BCUT2D eigenvalue weighted by Gasteiger charge is -2.24. The number of hydrogen-bond acceptors (Lipinski definition) is 2. The first-order valence-electron chi connectivity index (χ1n) is 6.09. The summed E-state index contributed by atoms with van der Waals surface area (Å²) in [6.45, 7) is 4.54. The van der Waals surface area contributed by atoms with E-state index in [0.29, 0.717) is 12.2 Å². The lowest BCUT2D eigenvalue weighted by molar-refractivity contribution is 0.211. The monoisotopic (exact) mass is 240 g/mol. The molecule has 0 N–H and O–H groups in total. The Hall–Kier alpha value is -2.05. The standard InChI is InChI=1S/C16H16O2/c1-3-18-16-12(2)9-10-14(11-17)15(16)13-7-5-4-6-8-13/h4-10,15H,3H2,1-2H3. The number of ether oxygens (including phenoxy) is 1. The molecule has 0 amide bonds. The van der Waals surface area contributed by atoms with Gasteiger partial charge >= 0.3 is 0 Å². The molecule has 0 aromatic heterocycles. The normalized spacial score (nSPS) is 18.8. The zero-order valence-electron chi connectivity index (χ0n) is 10.6. The Bertz CT molecular complexity index is 531. The number of allylic oxidation sites excluding steroid dienone is 4. The molecule has 0 aliphatic heterocycles. The quantitative estimate of drug-likeness (QED) is 0.757. The topological polar surface area (TPSA) is 26.3 Å². The molecule has 0 radical (unpaired) electrons. The Morgan fingerprint density at radius 3 is 2.56 bits per heavy atom. The average Bonchev–Trinajstić information content (AvgIpc) is 2.42. The van der Waals surface area contributed by atoms with Crippen LogP contribution in [0, 0.1) is 0 Å². The zero-order valence-corrected chi connectivity index (χ0v) is 10.6. The van der Waals surface area contributed by atoms with Gasteiger partial charge in [0.15, 0.2) is 0 Å². The molecule has 1 aromatic carbocycles. The molecule has 0 bridgehead atoms. The summed E-state index contributed by atoms with van der Waals surface area (Å²) >= 11 is 0. The van der Waals surface area contributed by atoms with Gasteiger partial charge in [0.05, 0.1) is 18.1 Å². The van der Waals surface area contributed by atoms with Crippen molar-refractivity contribution >= 4 is 5.94 Å². The number of carbonyl (C=O) groups excluding carboxylic acids is 1. The van der Waals surface area contributed by atoms with Crippen LogP contribution in [0.2, 0.25) is 0 Å². The van der Waals surface area contributed by atoms with Crippen molar-refractivity contribution in [2.24, 2.45) is 0 Å². The fraction of sp³-hybridized carbons (Fsp3) is 0.250. The summed E-state index contributed by atoms with van der Waals surface area (Å²) in [5.74, 6) is 2.75. The molecular weight excluding hydrogens is 224 g/mol. The molecule has 0 saturated heterocycles. The fourth-order valence-electron chi connectivity index (χ4n) is 2.18. The van der Waals surface area contributed by atoms with Gasteiger partial charge in [0.25, 0.3) is 0 Å². The number of rotatable bonds is 3. The second-order valence-electron chi connectivity index (χ2n) is 4.21. The van der Waals surface area contributed by atoms with Gasteiger partial charge in [-0.2, -0.15) is 0 Å². The highest BCUT2D eigenvalue weighted by atomic mass is 16.5. The third-order valence-corrected chi connectivity index (χ3v) is 3.03. The first-order valence-corrected chi connectivity index (χ1v) is 6.09. The van der Waals surface area contributed by atoms with Crippen LogP contribution in [0.25, 0.3) is 0 Å². The van der Waals surface area contributed by atoms with Gasteiger partial charge in [0.1, 0.15) is 11.7 Å². The van der Waals surface area contributed by atoms with Crippen LogP contribution in [0.15, 0.2) is 59.4 Å². The highest BCUT2D eigenvalue weighted by molar-refractivity contribution is 5.66. The SMILES string of the molecule is CCOC1=C(C)C=CC(=C=O)C1c1ccccc1. The molecule has 1 aliphatic carbocycles. The van der Waals surface area contributed by atoms with E-state index in [0.717, 1.165) is 16.9 Å². The summed E-state index contributed by atoms with van der Waals surface area (Å²) in [6.07, 6.45) is 3.73. The molecule has 0 fully saturated rings. The summed E-state index contributed by atoms with van der Waals surface area (Å²) < 4.78 is 5.72. The van der Waals surface area contributed by atoms with Gasteiger partial charge in [-0.3, -0.25) is 0 Å². The summed E-state index contributed by atoms with van der Waals surface area (Å²) in [5, 5.41) is 0. The molecule has 18 heavy (non-hydrogen) atoms. The lowest BCUT2D eigenvalue weighted by atomic mass is 9.84. The van der Waals surface area contributed by atoms with E-state index in [9.17, 15) is 4.79 Å². The van der Waals surface area contributed by atoms with Crippen LogP contribution in [0.1, 0.15) is 25.3 Å². The maximum atomic E-state index is 11.1. The third-order valence-electron chi connectivity index (χ3n) is 3.03. The Morgan fingerprint density at radius 2 is 1.94 bits per heavy atom. The third kappa shape index (κ3) is 2.29. The molecule has 0 spiro atoms. The van der Waals surface area contributed by atoms with Gasteiger partial charge in [-0.05, 0) is 31.1 Å². The maximum Gasteiger partial charge on any atom is 0.129 e. The molecule has 92 valence electrons. The van der Waals surface area contributed by atoms with E-state index in [1.807, 2.05) is 62.3 Å². The Labute approximate surface area is 107 Å². The van der Waals surface area contributed by atoms with Crippen molar-refractivity contribution in [3.05, 3.63) is 65.0 Å². The zero-order chi connectivity index (χ0) is 13.0. The van der Waals surface area contributed by atoms with E-state index < -0.39 is 0 Å². The van der Waals surface area contributed by atoms with Crippen LogP contribution in [0.5, 0.6) is 0 Å². The molecule has 1 atom stereocenters. The van der Waals surface area contributed by atoms with Crippen LogP contribution in [0.3, 0.4) is 0 Å². The van der Waals surface area contributed by atoms with Gasteiger partial charge in [-0.1, -0.05) is 36.4 Å². The first-order chi connectivity index (χ1) is 8.77. The second-order valence-corrected chi connectivity index (χ2v) is 4.21. The van der Waals surface area contributed by atoms with E-state index in [1.165, 1.54) is 0 Å². The van der Waals surface area contributed by atoms with Crippen molar-refractivity contribution in [2.75, 3.05) is 6.61 Å². The Balaban J connectivity index is 2.52. The summed E-state index contributed by atoms with van der Waals surface area (Å²) in [6, 6.07) is 9.91. The van der Waals surface area contributed by atoms with Crippen LogP contribution < -0.4 is 0 Å². The van der Waals surface area contributed by atoms with E-state index in [1.54, 1.807) is 0 Å². The van der Waals surface area contributed by atoms with Crippen LogP contribution in [-0.4, -0.2) is 12.5 Å². The van der Waals surface area contributed by atoms with Crippen molar-refractivity contribution in [3.8, 4) is 0 Å². The van der Waals surface area contributed by atoms with Gasteiger partial charge in [0.2, 0.25) is 0 Å². The van der Waals surface area contributed by atoms with Gasteiger partial charge < -0.3 is 4.74 Å². The molecule has 2 rings (SSSR count). The van der Waals surface area contributed by atoms with Crippen molar-refractivity contribution in [3.63, 3.8) is 0 Å². The maximum absolute atomic E-state index is 11.1. The van der Waals surface area contributed by atoms with E-state index in [4.69, 9.17) is 4.74 Å². The summed E-state index contributed by atoms with van der Waals surface area (Å²) in [4.78, 5) is 11.1. The van der Waals surface area contributed by atoms with Gasteiger partial charge in [0, 0.05) is 0 Å². The predicted molar refractivity (Wildman–Crippen MR) is 71.9 cm³/mol. The van der Waals surface area contributed by atoms with E-state index >= 15 is 0 Å². The molecule has 0 saturated carbocycles. The van der Waals surface area contributed by atoms with E-state index in [-0.39, 0.29) is 5.92 Å². The fourth-order valence-corrected chi connectivity index (χ4v) is 2.18. The van der Waals surface area contributed by atoms with E-state index in [2.05, 4.69) is 0 Å². The lowest BCUT2D eigenvalue weighted by Crippen LogP contribution is -2.13. The molecule has 0 heterocycles. The molecule has 1 aliphatic rings. The number of benzene rings is 1. The smallest absolute Gasteiger partial charge is 0.129 e. The molecular formula is C16H16O2. The average molecular weight is 240 g/mol. The van der Waals surface area contributed by atoms with Crippen LogP contribution in [0.4, 0.5) is 0 Å². The van der Waals surface area contributed by atoms with Gasteiger partial charge in [-0.25, -0.2) is 4.79 Å². The molecule has 2 nitrogen and oxygen atoms in total. The Kier molecular flexibility index (Phi) is 3.81. The minimum Gasteiger partial charge on any atom is -0.497 e. The predicted octanol–water partition coefficient (Wildman–Crippen LogP) is 3.41. The minimum atomic E-state index is -0.131. The Morgan fingerprint density at radius 1 is 1.22 bits per heavy atom. The largest absolute Gasteiger partial charge is 0.497 e. The molecule has 1 unspecified atom stereocenters. The van der Waals surface area contributed by atoms with Crippen LogP contribution in [-0.2, 0) is 9.53 Å². The first kappa shape index (κ1) is 12.4. The van der Waals surface area contributed by atoms with Crippen molar-refractivity contribution in [1.82, 2.24) is 0 Å². The minimum absolute atomic E-state index is 0.131. The number of hydrogen-bond donors (Lipinski definition) is 0. The van der Waals surface area contributed by atoms with Crippen molar-refractivity contribution in [2.45, 2.75) is 19.8 Å². The van der Waals surface area contributed by atoms with Crippen molar-refractivity contribution in [1.29, 1.82) is 0 Å². The molecule has 2 heteroatoms. The van der Waals surface area contributed by atoms with Gasteiger partial charge in [-0.15, -0.1) is 0 Å². The summed E-state index contributed by atoms with van der Waals surface area (Å²) in [7, 11) is 0. The summed E-state index contributed by atoms with van der Waals surface area (Å²) in [5.41, 5.74) is 2.74. The molecule has 1 aromatic rings. The van der Waals surface area contributed by atoms with Crippen LogP contribution >= 0.6 is 0 Å². The van der Waals surface area contributed by atoms with Crippen molar-refractivity contribution < 1.29 is 9.53 Å². The highest BCUT2D eigenvalue weighted by Crippen LogP contribution is 2.37. The highest BCUT2D eigenvalue weighted by Gasteiger charge is 2.26. The second kappa shape index (κ2) is 5.52.